The minimum atomic E-state index is -0.837. The molecule has 0 spiro atoms. The fourth-order valence-corrected chi connectivity index (χ4v) is 2.89. The number of benzene rings is 1. The van der Waals surface area contributed by atoms with E-state index in [1.54, 1.807) is 24.8 Å². The summed E-state index contributed by atoms with van der Waals surface area (Å²) >= 11 is 6.03. The molecule has 3 atom stereocenters. The van der Waals surface area contributed by atoms with Gasteiger partial charge in [-0.25, -0.2) is 0 Å². The number of carbonyl (C=O) groups excluding carboxylic acids is 2. The first-order valence-corrected chi connectivity index (χ1v) is 7.58. The number of halogens is 1. The van der Waals surface area contributed by atoms with Gasteiger partial charge in [-0.1, -0.05) is 30.7 Å². The Morgan fingerprint density at radius 2 is 2.10 bits per heavy atom. The van der Waals surface area contributed by atoms with Gasteiger partial charge in [0.15, 0.2) is 0 Å². The average molecular weight is 309 g/mol. The lowest BCUT2D eigenvalue weighted by atomic mass is 9.90. The number of carbonyl (C=O) groups is 2. The van der Waals surface area contributed by atoms with Crippen molar-refractivity contribution < 1.29 is 9.59 Å². The number of nitrogens with one attached hydrogen (secondary N) is 1. The highest BCUT2D eigenvalue weighted by molar-refractivity contribution is 6.30. The van der Waals surface area contributed by atoms with Gasteiger partial charge in [0.2, 0.25) is 11.8 Å². The highest BCUT2D eigenvalue weighted by atomic mass is 35.5. The van der Waals surface area contributed by atoms with Crippen molar-refractivity contribution in [2.24, 2.45) is 0 Å². The molecule has 1 aliphatic heterocycles. The molecule has 1 aliphatic rings. The summed E-state index contributed by atoms with van der Waals surface area (Å²) in [6, 6.07) is 6.71. The van der Waals surface area contributed by atoms with Crippen molar-refractivity contribution in [1.82, 2.24) is 10.2 Å². The Morgan fingerprint density at radius 3 is 2.67 bits per heavy atom. The van der Waals surface area contributed by atoms with Crippen LogP contribution in [-0.4, -0.2) is 28.3 Å². The van der Waals surface area contributed by atoms with E-state index >= 15 is 0 Å². The standard InChI is InChI=1S/C16H21ClN2O2/c1-5-16(4)15(21)19(11(3)14(20)18-16)10(2)12-7-6-8-13(17)9-12/h6-11H,5H2,1-4H3,(H,18,20). The minimum absolute atomic E-state index is 0.0513. The number of hydrogen-bond donors (Lipinski definition) is 1. The van der Waals surface area contributed by atoms with Crippen molar-refractivity contribution in [3.8, 4) is 0 Å². The van der Waals surface area contributed by atoms with Crippen LogP contribution in [0.2, 0.25) is 5.02 Å². The molecule has 1 N–H and O–H groups in total. The van der Waals surface area contributed by atoms with E-state index in [-0.39, 0.29) is 17.9 Å². The molecule has 4 nitrogen and oxygen atoms in total. The second-order valence-corrected chi connectivity index (χ2v) is 6.23. The summed E-state index contributed by atoms with van der Waals surface area (Å²) in [5.74, 6) is -0.169. The lowest BCUT2D eigenvalue weighted by molar-refractivity contribution is -0.156. The normalized spacial score (nSPS) is 27.5. The van der Waals surface area contributed by atoms with Crippen molar-refractivity contribution in [3.63, 3.8) is 0 Å². The average Bonchev–Trinajstić information content (AvgIpc) is 2.45. The molecule has 0 aromatic heterocycles. The zero-order valence-corrected chi connectivity index (χ0v) is 13.6. The van der Waals surface area contributed by atoms with Gasteiger partial charge in [0.05, 0.1) is 6.04 Å². The molecule has 1 aromatic carbocycles. The Morgan fingerprint density at radius 1 is 1.43 bits per heavy atom. The molecular formula is C16H21ClN2O2. The van der Waals surface area contributed by atoms with Crippen molar-refractivity contribution in [1.29, 1.82) is 0 Å². The van der Waals surface area contributed by atoms with Crippen LogP contribution < -0.4 is 5.32 Å². The Hall–Kier alpha value is -1.55. The van der Waals surface area contributed by atoms with Crippen LogP contribution in [0.1, 0.15) is 45.7 Å². The van der Waals surface area contributed by atoms with Crippen LogP contribution in [-0.2, 0) is 9.59 Å². The van der Waals surface area contributed by atoms with Crippen molar-refractivity contribution in [3.05, 3.63) is 34.9 Å². The van der Waals surface area contributed by atoms with Crippen LogP contribution in [0.5, 0.6) is 0 Å². The third kappa shape index (κ3) is 2.77. The van der Waals surface area contributed by atoms with E-state index in [4.69, 9.17) is 11.6 Å². The number of piperazine rings is 1. The quantitative estimate of drug-likeness (QED) is 0.933. The Bertz CT molecular complexity index is 575. The first kappa shape index (κ1) is 15.8. The first-order chi connectivity index (χ1) is 9.80. The maximum Gasteiger partial charge on any atom is 0.249 e. The van der Waals surface area contributed by atoms with Crippen molar-refractivity contribution >= 4 is 23.4 Å². The zero-order valence-electron chi connectivity index (χ0n) is 12.8. The maximum atomic E-state index is 12.8. The third-order valence-electron chi connectivity index (χ3n) is 4.36. The van der Waals surface area contributed by atoms with Gasteiger partial charge >= 0.3 is 0 Å². The van der Waals surface area contributed by atoms with Crippen LogP contribution in [0.3, 0.4) is 0 Å². The minimum Gasteiger partial charge on any atom is -0.340 e. The largest absolute Gasteiger partial charge is 0.340 e. The van der Waals surface area contributed by atoms with Gasteiger partial charge in [-0.05, 0) is 44.9 Å². The summed E-state index contributed by atoms with van der Waals surface area (Å²) in [5, 5.41) is 3.46. The predicted octanol–water partition coefficient (Wildman–Crippen LogP) is 2.92. The first-order valence-electron chi connectivity index (χ1n) is 7.20. The molecule has 1 aromatic rings. The molecule has 5 heteroatoms. The fourth-order valence-electron chi connectivity index (χ4n) is 2.69. The smallest absolute Gasteiger partial charge is 0.249 e. The van der Waals surface area contributed by atoms with E-state index in [0.717, 1.165) is 5.56 Å². The highest BCUT2D eigenvalue weighted by Crippen LogP contribution is 2.31. The summed E-state index contributed by atoms with van der Waals surface area (Å²) in [6.07, 6.45) is 0.559. The molecule has 0 aliphatic carbocycles. The second kappa shape index (κ2) is 5.68. The molecule has 21 heavy (non-hydrogen) atoms. The Kier molecular flexibility index (Phi) is 4.28. The Labute approximate surface area is 130 Å². The van der Waals surface area contributed by atoms with Crippen LogP contribution in [0.15, 0.2) is 24.3 Å². The molecule has 0 saturated carbocycles. The van der Waals surface area contributed by atoms with Gasteiger partial charge in [0.1, 0.15) is 11.6 Å². The van der Waals surface area contributed by atoms with Crippen molar-refractivity contribution in [2.75, 3.05) is 0 Å². The van der Waals surface area contributed by atoms with Gasteiger partial charge in [-0.2, -0.15) is 0 Å². The Balaban J connectivity index is 2.39. The molecule has 1 saturated heterocycles. The summed E-state index contributed by atoms with van der Waals surface area (Å²) in [5.41, 5.74) is 0.0898. The van der Waals surface area contributed by atoms with E-state index < -0.39 is 11.6 Å². The molecule has 2 rings (SSSR count). The third-order valence-corrected chi connectivity index (χ3v) is 4.59. The lowest BCUT2D eigenvalue weighted by Gasteiger charge is -2.45. The van der Waals surface area contributed by atoms with Crippen LogP contribution in [0.25, 0.3) is 0 Å². The van der Waals surface area contributed by atoms with E-state index in [9.17, 15) is 9.59 Å². The zero-order chi connectivity index (χ0) is 15.8. The number of nitrogens with zero attached hydrogens (tertiary/aromatic N) is 1. The number of hydrogen-bond acceptors (Lipinski definition) is 2. The number of amides is 2. The second-order valence-electron chi connectivity index (χ2n) is 5.79. The summed E-state index contributed by atoms with van der Waals surface area (Å²) < 4.78 is 0. The number of rotatable bonds is 3. The van der Waals surface area contributed by atoms with Crippen LogP contribution in [0, 0.1) is 0 Å². The van der Waals surface area contributed by atoms with E-state index in [1.165, 1.54) is 0 Å². The van der Waals surface area contributed by atoms with E-state index in [0.29, 0.717) is 11.4 Å². The molecule has 114 valence electrons. The van der Waals surface area contributed by atoms with Crippen LogP contribution >= 0.6 is 11.6 Å². The van der Waals surface area contributed by atoms with E-state index in [2.05, 4.69) is 5.32 Å². The molecule has 1 fully saturated rings. The van der Waals surface area contributed by atoms with E-state index in [1.807, 2.05) is 32.0 Å². The maximum absolute atomic E-state index is 12.8. The molecule has 2 amide bonds. The van der Waals surface area contributed by atoms with Crippen molar-refractivity contribution in [2.45, 2.75) is 51.7 Å². The summed E-state index contributed by atoms with van der Waals surface area (Å²) in [6.45, 7) is 7.35. The summed E-state index contributed by atoms with van der Waals surface area (Å²) in [4.78, 5) is 26.7. The van der Waals surface area contributed by atoms with Gasteiger partial charge in [0, 0.05) is 5.02 Å². The van der Waals surface area contributed by atoms with Gasteiger partial charge in [-0.15, -0.1) is 0 Å². The molecule has 3 unspecified atom stereocenters. The summed E-state index contributed by atoms with van der Waals surface area (Å²) in [7, 11) is 0. The molecule has 0 radical (unpaired) electrons. The van der Waals surface area contributed by atoms with Gasteiger partial charge < -0.3 is 10.2 Å². The topological polar surface area (TPSA) is 49.4 Å². The monoisotopic (exact) mass is 308 g/mol. The highest BCUT2D eigenvalue weighted by Gasteiger charge is 2.47. The lowest BCUT2D eigenvalue weighted by Crippen LogP contribution is -2.68. The predicted molar refractivity (Wildman–Crippen MR) is 83.0 cm³/mol. The SMILES string of the molecule is CCC1(C)NC(=O)C(C)N(C(C)c2cccc(Cl)c2)C1=O. The molecule has 1 heterocycles. The molecule has 0 bridgehead atoms. The van der Waals surface area contributed by atoms with Gasteiger partial charge in [-0.3, -0.25) is 9.59 Å². The fraction of sp³-hybridized carbons (Fsp3) is 0.500. The van der Waals surface area contributed by atoms with Crippen LogP contribution in [0.4, 0.5) is 0 Å². The van der Waals surface area contributed by atoms with Gasteiger partial charge in [0.25, 0.3) is 0 Å². The molecular weight excluding hydrogens is 288 g/mol.